The van der Waals surface area contributed by atoms with E-state index in [4.69, 9.17) is 12.2 Å². The number of alkyl halides is 3. The molecular weight excluding hydrogens is 461 g/mol. The van der Waals surface area contributed by atoms with Crippen LogP contribution in [-0.4, -0.2) is 41.3 Å². The number of anilines is 3. The lowest BCUT2D eigenvalue weighted by Gasteiger charge is -2.37. The van der Waals surface area contributed by atoms with Gasteiger partial charge in [-0.05, 0) is 36.8 Å². The van der Waals surface area contributed by atoms with Gasteiger partial charge in [-0.3, -0.25) is 0 Å². The highest BCUT2D eigenvalue weighted by molar-refractivity contribution is 7.80. The van der Waals surface area contributed by atoms with E-state index in [1.165, 1.54) is 0 Å². The van der Waals surface area contributed by atoms with Crippen LogP contribution in [0.25, 0.3) is 0 Å². The van der Waals surface area contributed by atoms with E-state index in [0.29, 0.717) is 26.2 Å². The number of hydrogen-bond donors (Lipinski definition) is 2. The summed E-state index contributed by atoms with van der Waals surface area (Å²) in [4.78, 5) is 12.1. The van der Waals surface area contributed by atoms with Crippen molar-refractivity contribution in [1.82, 2.24) is 15.3 Å². The first-order valence-corrected chi connectivity index (χ1v) is 11.3. The quantitative estimate of drug-likeness (QED) is 0.499. The third-order valence-electron chi connectivity index (χ3n) is 5.60. The van der Waals surface area contributed by atoms with E-state index in [-0.39, 0.29) is 22.9 Å². The van der Waals surface area contributed by atoms with Crippen LogP contribution in [0.15, 0.2) is 66.7 Å². The Kier molecular flexibility index (Phi) is 7.16. The van der Waals surface area contributed by atoms with E-state index in [0.717, 1.165) is 17.3 Å². The predicted octanol–water partition coefficient (Wildman–Crippen LogP) is 4.87. The fraction of sp³-hybridized carbons (Fsp3) is 0.292. The van der Waals surface area contributed by atoms with Gasteiger partial charge in [-0.2, -0.15) is 18.2 Å². The smallest absolute Gasteiger partial charge is 0.368 e. The average Bonchev–Trinajstić information content (AvgIpc) is 2.84. The Bertz CT molecular complexity index is 1100. The normalized spacial score (nSPS) is 15.1. The highest BCUT2D eigenvalue weighted by atomic mass is 32.1. The summed E-state index contributed by atoms with van der Waals surface area (Å²) in [6.07, 6.45) is -4.60. The summed E-state index contributed by atoms with van der Waals surface area (Å²) in [6.45, 7) is 4.33. The monoisotopic (exact) mass is 486 g/mol. The zero-order valence-electron chi connectivity index (χ0n) is 18.6. The molecule has 2 aromatic carbocycles. The van der Waals surface area contributed by atoms with Crippen LogP contribution in [0.2, 0.25) is 0 Å². The second-order valence-electron chi connectivity index (χ2n) is 7.97. The largest absolute Gasteiger partial charge is 0.433 e. The number of nitrogens with one attached hydrogen (secondary N) is 2. The van der Waals surface area contributed by atoms with E-state index >= 15 is 0 Å². The van der Waals surface area contributed by atoms with Crippen molar-refractivity contribution < 1.29 is 13.2 Å². The molecule has 2 N–H and O–H groups in total. The number of halogens is 3. The molecule has 4 rings (SSSR count). The summed E-state index contributed by atoms with van der Waals surface area (Å²) in [5.74, 6) is 0.0320. The number of thiocarbonyl (C=S) groups is 1. The molecule has 6 nitrogen and oxygen atoms in total. The standard InChI is InChI=1S/C24H25F3N6S/c1-17(18-8-4-2-5-9-18)28-23(34)31-22-29-20(24(25,26)27)16-21(30-22)33-14-12-32(13-15-33)19-10-6-3-7-11-19/h2-11,16-17H,12-15H2,1H3,(H2,28,29,30,31,34)/t17-/m0/s1. The fourth-order valence-corrected chi connectivity index (χ4v) is 4.06. The number of aromatic nitrogens is 2. The van der Waals surface area contributed by atoms with Gasteiger partial charge >= 0.3 is 6.18 Å². The van der Waals surface area contributed by atoms with Gasteiger partial charge in [0.15, 0.2) is 10.8 Å². The molecule has 0 bridgehead atoms. The van der Waals surface area contributed by atoms with E-state index in [1.54, 1.807) is 0 Å². The summed E-state index contributed by atoms with van der Waals surface area (Å²) < 4.78 is 40.7. The first kappa shape index (κ1) is 23.7. The SMILES string of the molecule is C[C@H](NC(=S)Nc1nc(N2CCN(c3ccccc3)CC2)cc(C(F)(F)F)n1)c1ccccc1. The highest BCUT2D eigenvalue weighted by Crippen LogP contribution is 2.31. The van der Waals surface area contributed by atoms with Gasteiger partial charge in [-0.1, -0.05) is 48.5 Å². The number of rotatable bonds is 5. The van der Waals surface area contributed by atoms with Crippen molar-refractivity contribution in [3.63, 3.8) is 0 Å². The number of benzene rings is 2. The van der Waals surface area contributed by atoms with Crippen LogP contribution in [-0.2, 0) is 6.18 Å². The molecule has 1 atom stereocenters. The number of para-hydroxylation sites is 1. The van der Waals surface area contributed by atoms with Gasteiger partial charge < -0.3 is 20.4 Å². The first-order valence-electron chi connectivity index (χ1n) is 10.9. The molecular formula is C24H25F3N6S. The summed E-state index contributed by atoms with van der Waals surface area (Å²) in [5.41, 5.74) is 1.07. The zero-order valence-corrected chi connectivity index (χ0v) is 19.4. The second-order valence-corrected chi connectivity index (χ2v) is 8.38. The minimum Gasteiger partial charge on any atom is -0.368 e. The van der Waals surface area contributed by atoms with Crippen LogP contribution in [0.5, 0.6) is 0 Å². The fourth-order valence-electron chi connectivity index (χ4n) is 3.79. The van der Waals surface area contributed by atoms with Crippen LogP contribution in [0, 0.1) is 0 Å². The van der Waals surface area contributed by atoms with Crippen LogP contribution < -0.4 is 20.4 Å². The van der Waals surface area contributed by atoms with Crippen molar-refractivity contribution in [2.45, 2.75) is 19.1 Å². The molecule has 1 saturated heterocycles. The molecule has 0 spiro atoms. The molecule has 0 aliphatic carbocycles. The van der Waals surface area contributed by atoms with Gasteiger partial charge in [0.2, 0.25) is 5.95 Å². The Morgan fingerprint density at radius 3 is 2.12 bits per heavy atom. The third kappa shape index (κ3) is 5.93. The minimum absolute atomic E-state index is 0.141. The number of hydrogen-bond acceptors (Lipinski definition) is 5. The Morgan fingerprint density at radius 2 is 1.50 bits per heavy atom. The van der Waals surface area contributed by atoms with Crippen molar-refractivity contribution in [1.29, 1.82) is 0 Å². The van der Waals surface area contributed by atoms with Crippen molar-refractivity contribution >= 4 is 34.8 Å². The summed E-state index contributed by atoms with van der Waals surface area (Å²) in [6, 6.07) is 20.4. The molecule has 1 aliphatic rings. The molecule has 1 aliphatic heterocycles. The molecule has 34 heavy (non-hydrogen) atoms. The zero-order chi connectivity index (χ0) is 24.1. The van der Waals surface area contributed by atoms with Crippen molar-refractivity contribution in [3.8, 4) is 0 Å². The Labute approximate surface area is 201 Å². The van der Waals surface area contributed by atoms with E-state index < -0.39 is 11.9 Å². The van der Waals surface area contributed by atoms with E-state index in [2.05, 4.69) is 25.5 Å². The van der Waals surface area contributed by atoms with Crippen LogP contribution in [0.3, 0.4) is 0 Å². The molecule has 10 heteroatoms. The lowest BCUT2D eigenvalue weighted by Crippen LogP contribution is -2.47. The predicted molar refractivity (Wildman–Crippen MR) is 132 cm³/mol. The molecule has 0 radical (unpaired) electrons. The van der Waals surface area contributed by atoms with Crippen molar-refractivity contribution in [2.24, 2.45) is 0 Å². The van der Waals surface area contributed by atoms with Gasteiger partial charge in [0.25, 0.3) is 0 Å². The molecule has 1 fully saturated rings. The van der Waals surface area contributed by atoms with Crippen LogP contribution in [0.1, 0.15) is 24.2 Å². The first-order chi connectivity index (χ1) is 16.3. The van der Waals surface area contributed by atoms with E-state index in [9.17, 15) is 13.2 Å². The molecule has 3 aromatic rings. The van der Waals surface area contributed by atoms with E-state index in [1.807, 2.05) is 72.5 Å². The summed E-state index contributed by atoms with van der Waals surface area (Å²) in [7, 11) is 0. The molecule has 0 amide bonds. The highest BCUT2D eigenvalue weighted by Gasteiger charge is 2.34. The van der Waals surface area contributed by atoms with Crippen molar-refractivity contribution in [2.75, 3.05) is 41.3 Å². The Morgan fingerprint density at radius 1 is 0.912 bits per heavy atom. The second kappa shape index (κ2) is 10.3. The molecule has 1 aromatic heterocycles. The molecule has 178 valence electrons. The molecule has 2 heterocycles. The van der Waals surface area contributed by atoms with Crippen molar-refractivity contribution in [3.05, 3.63) is 78.0 Å². The third-order valence-corrected chi connectivity index (χ3v) is 5.82. The maximum Gasteiger partial charge on any atom is 0.433 e. The minimum atomic E-state index is -4.60. The van der Waals surface area contributed by atoms with Crippen LogP contribution >= 0.6 is 12.2 Å². The summed E-state index contributed by atoms with van der Waals surface area (Å²) >= 11 is 5.31. The molecule has 0 unspecified atom stereocenters. The van der Waals surface area contributed by atoms with Gasteiger partial charge in [-0.25, -0.2) is 4.98 Å². The Balaban J connectivity index is 1.47. The number of nitrogens with zero attached hydrogens (tertiary/aromatic N) is 4. The average molecular weight is 487 g/mol. The van der Waals surface area contributed by atoms with Gasteiger partial charge in [-0.15, -0.1) is 0 Å². The lowest BCUT2D eigenvalue weighted by molar-refractivity contribution is -0.141. The van der Waals surface area contributed by atoms with Gasteiger partial charge in [0, 0.05) is 37.9 Å². The maximum atomic E-state index is 13.6. The van der Waals surface area contributed by atoms with Gasteiger partial charge in [0.1, 0.15) is 5.82 Å². The Hall–Kier alpha value is -3.40. The topological polar surface area (TPSA) is 56.3 Å². The summed E-state index contributed by atoms with van der Waals surface area (Å²) in [5, 5.41) is 5.94. The van der Waals surface area contributed by atoms with Crippen LogP contribution in [0.4, 0.5) is 30.6 Å². The molecule has 0 saturated carbocycles. The van der Waals surface area contributed by atoms with Gasteiger partial charge in [0.05, 0.1) is 6.04 Å². The maximum absolute atomic E-state index is 13.6. The number of piperazine rings is 1. The lowest BCUT2D eigenvalue weighted by atomic mass is 10.1.